The number of rotatable bonds is 5. The summed E-state index contributed by atoms with van der Waals surface area (Å²) in [5.74, 6) is 0.491. The zero-order valence-electron chi connectivity index (χ0n) is 13.5. The summed E-state index contributed by atoms with van der Waals surface area (Å²) in [5.41, 5.74) is 4.64. The van der Waals surface area contributed by atoms with Crippen molar-refractivity contribution in [1.82, 2.24) is 20.1 Å². The molecule has 1 aliphatic heterocycles. The second-order valence-electron chi connectivity index (χ2n) is 6.00. The standard InChI is InChI=1S/C17H24N4O/c1-12-16(13(2)21(3)20-12)17-14(7-9-22-17)10-18-11-15-6-4-5-8-19-15/h4-6,8,14,17-18H,7,9-11H2,1-3H3. The molecule has 5 nitrogen and oxygen atoms in total. The van der Waals surface area contributed by atoms with E-state index in [1.165, 1.54) is 11.3 Å². The number of hydrogen-bond acceptors (Lipinski definition) is 4. The van der Waals surface area contributed by atoms with Crippen LogP contribution in [0.25, 0.3) is 0 Å². The van der Waals surface area contributed by atoms with Gasteiger partial charge in [0.2, 0.25) is 0 Å². The van der Waals surface area contributed by atoms with E-state index in [9.17, 15) is 0 Å². The summed E-state index contributed by atoms with van der Waals surface area (Å²) < 4.78 is 7.97. The van der Waals surface area contributed by atoms with E-state index in [1.807, 2.05) is 36.1 Å². The van der Waals surface area contributed by atoms with Crippen LogP contribution < -0.4 is 5.32 Å². The molecule has 1 aliphatic rings. The Kier molecular flexibility index (Phi) is 4.55. The molecule has 0 spiro atoms. The Morgan fingerprint density at radius 2 is 2.23 bits per heavy atom. The van der Waals surface area contributed by atoms with Gasteiger partial charge in [-0.3, -0.25) is 9.67 Å². The molecule has 2 atom stereocenters. The van der Waals surface area contributed by atoms with Gasteiger partial charge in [-0.2, -0.15) is 5.10 Å². The van der Waals surface area contributed by atoms with E-state index < -0.39 is 0 Å². The Hall–Kier alpha value is -1.72. The minimum atomic E-state index is 0.157. The smallest absolute Gasteiger partial charge is 0.0901 e. The van der Waals surface area contributed by atoms with Crippen LogP contribution in [0.5, 0.6) is 0 Å². The molecule has 118 valence electrons. The monoisotopic (exact) mass is 300 g/mol. The zero-order valence-corrected chi connectivity index (χ0v) is 13.5. The Bertz CT molecular complexity index is 623. The van der Waals surface area contributed by atoms with E-state index in [1.54, 1.807) is 0 Å². The number of aryl methyl sites for hydroxylation is 2. The van der Waals surface area contributed by atoms with Crippen LogP contribution >= 0.6 is 0 Å². The van der Waals surface area contributed by atoms with Crippen LogP contribution in [0, 0.1) is 19.8 Å². The summed E-state index contributed by atoms with van der Waals surface area (Å²) in [7, 11) is 2.00. The summed E-state index contributed by atoms with van der Waals surface area (Å²) in [6.07, 6.45) is 3.08. The van der Waals surface area contributed by atoms with Gasteiger partial charge in [0.25, 0.3) is 0 Å². The Morgan fingerprint density at radius 1 is 1.36 bits per heavy atom. The van der Waals surface area contributed by atoms with E-state index in [0.717, 1.165) is 37.5 Å². The van der Waals surface area contributed by atoms with Gasteiger partial charge in [0.05, 0.1) is 17.5 Å². The first kappa shape index (κ1) is 15.2. The van der Waals surface area contributed by atoms with Crippen LogP contribution in [0.4, 0.5) is 0 Å². The van der Waals surface area contributed by atoms with E-state index in [2.05, 4.69) is 29.2 Å². The van der Waals surface area contributed by atoms with Crippen LogP contribution in [0.1, 0.15) is 35.2 Å². The molecular weight excluding hydrogens is 276 g/mol. The van der Waals surface area contributed by atoms with Crippen LogP contribution in [-0.4, -0.2) is 27.9 Å². The molecule has 0 aromatic carbocycles. The highest BCUT2D eigenvalue weighted by Crippen LogP contribution is 2.37. The maximum Gasteiger partial charge on any atom is 0.0901 e. The lowest BCUT2D eigenvalue weighted by molar-refractivity contribution is 0.0893. The van der Waals surface area contributed by atoms with Crippen molar-refractivity contribution in [2.24, 2.45) is 13.0 Å². The van der Waals surface area contributed by atoms with Crippen molar-refractivity contribution in [3.05, 3.63) is 47.0 Å². The molecule has 0 saturated carbocycles. The van der Waals surface area contributed by atoms with Crippen LogP contribution in [0.3, 0.4) is 0 Å². The van der Waals surface area contributed by atoms with Crippen molar-refractivity contribution in [3.8, 4) is 0 Å². The van der Waals surface area contributed by atoms with Crippen LogP contribution in [0.2, 0.25) is 0 Å². The molecule has 2 aromatic rings. The average molecular weight is 300 g/mol. The third-order valence-electron chi connectivity index (χ3n) is 4.50. The topological polar surface area (TPSA) is 52.0 Å². The fourth-order valence-corrected chi connectivity index (χ4v) is 3.25. The van der Waals surface area contributed by atoms with Crippen molar-refractivity contribution in [1.29, 1.82) is 0 Å². The predicted molar refractivity (Wildman–Crippen MR) is 85.4 cm³/mol. The average Bonchev–Trinajstić information content (AvgIpc) is 3.05. The van der Waals surface area contributed by atoms with Gasteiger partial charge in [0.1, 0.15) is 0 Å². The Labute approximate surface area is 131 Å². The molecule has 3 rings (SSSR count). The second-order valence-corrected chi connectivity index (χ2v) is 6.00. The molecule has 2 aromatic heterocycles. The maximum absolute atomic E-state index is 6.02. The first-order chi connectivity index (χ1) is 10.7. The van der Waals surface area contributed by atoms with Gasteiger partial charge < -0.3 is 10.1 Å². The van der Waals surface area contributed by atoms with Crippen molar-refractivity contribution in [3.63, 3.8) is 0 Å². The summed E-state index contributed by atoms with van der Waals surface area (Å²) >= 11 is 0. The van der Waals surface area contributed by atoms with Gasteiger partial charge in [0.15, 0.2) is 0 Å². The molecule has 0 amide bonds. The Morgan fingerprint density at radius 3 is 2.91 bits per heavy atom. The van der Waals surface area contributed by atoms with E-state index in [4.69, 9.17) is 4.74 Å². The van der Waals surface area contributed by atoms with Crippen molar-refractivity contribution in [2.45, 2.75) is 32.9 Å². The highest BCUT2D eigenvalue weighted by atomic mass is 16.5. The largest absolute Gasteiger partial charge is 0.373 e. The van der Waals surface area contributed by atoms with E-state index in [0.29, 0.717) is 5.92 Å². The van der Waals surface area contributed by atoms with Crippen LogP contribution in [-0.2, 0) is 18.3 Å². The fourth-order valence-electron chi connectivity index (χ4n) is 3.25. The number of ether oxygens (including phenoxy) is 1. The predicted octanol–water partition coefficient (Wildman–Crippen LogP) is 2.30. The second kappa shape index (κ2) is 6.58. The lowest BCUT2D eigenvalue weighted by atomic mass is 9.94. The summed E-state index contributed by atoms with van der Waals surface area (Å²) in [5, 5.41) is 8.04. The quantitative estimate of drug-likeness (QED) is 0.920. The highest BCUT2D eigenvalue weighted by Gasteiger charge is 2.33. The van der Waals surface area contributed by atoms with Gasteiger partial charge in [-0.1, -0.05) is 6.07 Å². The molecule has 1 saturated heterocycles. The summed E-state index contributed by atoms with van der Waals surface area (Å²) in [6.45, 7) is 6.76. The summed E-state index contributed by atoms with van der Waals surface area (Å²) in [6, 6.07) is 6.01. The minimum Gasteiger partial charge on any atom is -0.373 e. The summed E-state index contributed by atoms with van der Waals surface area (Å²) in [4.78, 5) is 4.34. The maximum atomic E-state index is 6.02. The first-order valence-electron chi connectivity index (χ1n) is 7.89. The number of hydrogen-bond donors (Lipinski definition) is 1. The number of pyridine rings is 1. The van der Waals surface area contributed by atoms with E-state index in [-0.39, 0.29) is 6.10 Å². The number of nitrogens with zero attached hydrogens (tertiary/aromatic N) is 3. The van der Waals surface area contributed by atoms with Crippen molar-refractivity contribution < 1.29 is 4.74 Å². The van der Waals surface area contributed by atoms with Gasteiger partial charge >= 0.3 is 0 Å². The van der Waals surface area contributed by atoms with E-state index >= 15 is 0 Å². The molecule has 0 aliphatic carbocycles. The van der Waals surface area contributed by atoms with Crippen molar-refractivity contribution >= 4 is 0 Å². The molecule has 0 bridgehead atoms. The van der Waals surface area contributed by atoms with Gasteiger partial charge in [-0.25, -0.2) is 0 Å². The molecular formula is C17H24N4O. The fraction of sp³-hybridized carbons (Fsp3) is 0.529. The molecule has 3 heterocycles. The molecule has 1 fully saturated rings. The number of aromatic nitrogens is 3. The third-order valence-corrected chi connectivity index (χ3v) is 4.50. The van der Waals surface area contributed by atoms with Gasteiger partial charge in [-0.05, 0) is 32.4 Å². The SMILES string of the molecule is Cc1nn(C)c(C)c1C1OCCC1CNCc1ccccn1. The number of nitrogens with one attached hydrogen (secondary N) is 1. The molecule has 5 heteroatoms. The Balaban J connectivity index is 1.63. The molecule has 22 heavy (non-hydrogen) atoms. The van der Waals surface area contributed by atoms with Gasteiger partial charge in [-0.15, -0.1) is 0 Å². The van der Waals surface area contributed by atoms with Gasteiger partial charge in [0, 0.05) is 50.1 Å². The molecule has 0 radical (unpaired) electrons. The molecule has 2 unspecified atom stereocenters. The van der Waals surface area contributed by atoms with Crippen LogP contribution in [0.15, 0.2) is 24.4 Å². The normalized spacial score (nSPS) is 21.4. The first-order valence-corrected chi connectivity index (χ1v) is 7.89. The lowest BCUT2D eigenvalue weighted by Crippen LogP contribution is -2.25. The van der Waals surface area contributed by atoms with Crippen molar-refractivity contribution in [2.75, 3.05) is 13.2 Å². The minimum absolute atomic E-state index is 0.157. The zero-order chi connectivity index (χ0) is 15.5. The highest BCUT2D eigenvalue weighted by molar-refractivity contribution is 5.28. The molecule has 1 N–H and O–H groups in total. The lowest BCUT2D eigenvalue weighted by Gasteiger charge is -2.19. The third kappa shape index (κ3) is 3.05.